The number of Topliss-reactive ketones (excluding diaryl/α,β-unsaturated/α-hetero) is 2. The second-order valence-corrected chi connectivity index (χ2v) is 11.2. The average Bonchev–Trinajstić information content (AvgIpc) is 3.45. The number of halogens is 2. The van der Waals surface area contributed by atoms with Crippen LogP contribution in [-0.2, 0) is 10.2 Å². The SMILES string of the molecule is O=C(c1ccc(F)cc1)[C@@H]1[C@H](C(=O)c2ccc(Br)cc2)[C@@]2(C(=O)Nc3ccccc32)[C@H]2C=Cc3ccccc3N12. The van der Waals surface area contributed by atoms with E-state index in [-0.39, 0.29) is 23.0 Å². The lowest BCUT2D eigenvalue weighted by atomic mass is 9.64. The van der Waals surface area contributed by atoms with Crippen LogP contribution in [0.15, 0.2) is 108 Å². The van der Waals surface area contributed by atoms with Gasteiger partial charge in [0.15, 0.2) is 11.6 Å². The smallest absolute Gasteiger partial charge is 0.238 e. The molecule has 0 saturated carbocycles. The lowest BCUT2D eigenvalue weighted by Gasteiger charge is -2.37. The number of fused-ring (bicyclic) bond motifs is 6. The van der Waals surface area contributed by atoms with Gasteiger partial charge in [-0.2, -0.15) is 0 Å². The zero-order valence-corrected chi connectivity index (χ0v) is 22.6. The number of hydrogen-bond donors (Lipinski definition) is 1. The summed E-state index contributed by atoms with van der Waals surface area (Å²) in [5, 5.41) is 3.02. The fraction of sp³-hybridized carbons (Fsp3) is 0.121. The Morgan fingerprint density at radius 1 is 0.825 bits per heavy atom. The molecule has 3 aliphatic heterocycles. The fourth-order valence-corrected chi connectivity index (χ4v) is 6.96. The first-order chi connectivity index (χ1) is 19.4. The van der Waals surface area contributed by atoms with E-state index in [1.54, 1.807) is 24.3 Å². The zero-order valence-electron chi connectivity index (χ0n) is 21.1. The maximum Gasteiger partial charge on any atom is 0.238 e. The summed E-state index contributed by atoms with van der Waals surface area (Å²) in [6.45, 7) is 0. The number of carbonyl (C=O) groups is 3. The van der Waals surface area contributed by atoms with Crippen LogP contribution in [0.3, 0.4) is 0 Å². The summed E-state index contributed by atoms with van der Waals surface area (Å²) in [5.74, 6) is -2.51. The highest BCUT2D eigenvalue weighted by molar-refractivity contribution is 9.10. The van der Waals surface area contributed by atoms with E-state index in [9.17, 15) is 18.8 Å². The number of nitrogens with zero attached hydrogens (tertiary/aromatic N) is 1. The van der Waals surface area contributed by atoms with Gasteiger partial charge in [-0.05, 0) is 59.7 Å². The van der Waals surface area contributed by atoms with Gasteiger partial charge >= 0.3 is 0 Å². The monoisotopic (exact) mass is 592 g/mol. The van der Waals surface area contributed by atoms with Crippen molar-refractivity contribution in [2.75, 3.05) is 10.2 Å². The van der Waals surface area contributed by atoms with Crippen LogP contribution in [0.1, 0.15) is 31.8 Å². The molecule has 1 amide bonds. The summed E-state index contributed by atoms with van der Waals surface area (Å²) in [5.41, 5.74) is 2.25. The second kappa shape index (κ2) is 9.10. The second-order valence-electron chi connectivity index (χ2n) is 10.3. The van der Waals surface area contributed by atoms with Crippen LogP contribution in [0.25, 0.3) is 6.08 Å². The molecule has 4 aromatic rings. The molecule has 0 aromatic heterocycles. The molecule has 0 aliphatic carbocycles. The Bertz CT molecular complexity index is 1730. The molecule has 196 valence electrons. The first-order valence-electron chi connectivity index (χ1n) is 13.0. The Morgan fingerprint density at radius 2 is 1.48 bits per heavy atom. The van der Waals surface area contributed by atoms with Gasteiger partial charge in [0.1, 0.15) is 17.3 Å². The van der Waals surface area contributed by atoms with Crippen LogP contribution in [0.4, 0.5) is 15.8 Å². The molecule has 0 unspecified atom stereocenters. The Kier molecular flexibility index (Phi) is 5.61. The summed E-state index contributed by atoms with van der Waals surface area (Å²) < 4.78 is 14.7. The van der Waals surface area contributed by atoms with Crippen molar-refractivity contribution in [1.29, 1.82) is 0 Å². The van der Waals surface area contributed by atoms with Gasteiger partial charge in [0.05, 0.1) is 12.0 Å². The van der Waals surface area contributed by atoms with Crippen LogP contribution in [0, 0.1) is 11.7 Å². The molecule has 1 fully saturated rings. The maximum atomic E-state index is 14.7. The Labute approximate surface area is 238 Å². The highest BCUT2D eigenvalue weighted by Crippen LogP contribution is 2.58. The average molecular weight is 593 g/mol. The molecule has 7 rings (SSSR count). The highest BCUT2D eigenvalue weighted by atomic mass is 79.9. The van der Waals surface area contributed by atoms with Gasteiger partial charge in [0.25, 0.3) is 0 Å². The van der Waals surface area contributed by atoms with Crippen LogP contribution in [-0.4, -0.2) is 29.6 Å². The molecule has 5 nitrogen and oxygen atoms in total. The number of anilines is 2. The van der Waals surface area contributed by atoms with Gasteiger partial charge in [-0.3, -0.25) is 14.4 Å². The largest absolute Gasteiger partial charge is 0.352 e. The molecule has 4 atom stereocenters. The Balaban J connectivity index is 1.53. The van der Waals surface area contributed by atoms with E-state index >= 15 is 0 Å². The summed E-state index contributed by atoms with van der Waals surface area (Å²) >= 11 is 3.43. The van der Waals surface area contributed by atoms with Crippen LogP contribution in [0.2, 0.25) is 0 Å². The van der Waals surface area contributed by atoms with Crippen LogP contribution < -0.4 is 10.2 Å². The van der Waals surface area contributed by atoms with Crippen molar-refractivity contribution in [2.45, 2.75) is 17.5 Å². The molecule has 1 saturated heterocycles. The van der Waals surface area contributed by atoms with Gasteiger partial charge in [0.2, 0.25) is 5.91 Å². The van der Waals surface area contributed by atoms with E-state index in [0.717, 1.165) is 15.7 Å². The summed E-state index contributed by atoms with van der Waals surface area (Å²) in [4.78, 5) is 45.4. The Hall–Kier alpha value is -4.36. The minimum atomic E-state index is -1.38. The summed E-state index contributed by atoms with van der Waals surface area (Å²) in [6, 6.07) is 25.7. The molecular weight excluding hydrogens is 571 g/mol. The predicted molar refractivity (Wildman–Crippen MR) is 155 cm³/mol. The van der Waals surface area contributed by atoms with Crippen molar-refractivity contribution in [3.63, 3.8) is 0 Å². The van der Waals surface area contributed by atoms with E-state index < -0.39 is 29.2 Å². The van der Waals surface area contributed by atoms with Gasteiger partial charge in [-0.25, -0.2) is 4.39 Å². The van der Waals surface area contributed by atoms with Gasteiger partial charge in [-0.15, -0.1) is 0 Å². The summed E-state index contributed by atoms with van der Waals surface area (Å²) in [7, 11) is 0. The van der Waals surface area contributed by atoms with Crippen molar-refractivity contribution in [2.24, 2.45) is 5.92 Å². The molecular formula is C33H22BrFN2O3. The quantitative estimate of drug-likeness (QED) is 0.277. The van der Waals surface area contributed by atoms with Gasteiger partial charge in [-0.1, -0.05) is 76.6 Å². The zero-order chi connectivity index (χ0) is 27.6. The van der Waals surface area contributed by atoms with Crippen molar-refractivity contribution >= 4 is 50.9 Å². The number of ketones is 2. The molecule has 3 heterocycles. The van der Waals surface area contributed by atoms with Gasteiger partial charge < -0.3 is 10.2 Å². The highest BCUT2D eigenvalue weighted by Gasteiger charge is 2.70. The van der Waals surface area contributed by atoms with Crippen molar-refractivity contribution in [3.05, 3.63) is 136 Å². The molecule has 4 aromatic carbocycles. The standard InChI is InChI=1S/C33H22BrFN2O3/c34-22-14-9-20(10-15-22)30(38)28-29(31(39)21-11-16-23(35)17-12-21)37-26-8-4-1-5-19(26)13-18-27(37)33(28)24-6-2-3-7-25(24)36-32(33)40/h1-18,27-29H,(H,36,40)/t27-,28-,29+,33+/m1/s1. The minimum absolute atomic E-state index is 0.273. The third-order valence-electron chi connectivity index (χ3n) is 8.35. The molecule has 1 N–H and O–H groups in total. The lowest BCUT2D eigenvalue weighted by Crippen LogP contribution is -2.51. The number of hydrogen-bond acceptors (Lipinski definition) is 4. The topological polar surface area (TPSA) is 66.5 Å². The molecule has 1 spiro atoms. The van der Waals surface area contributed by atoms with E-state index in [1.807, 2.05) is 65.6 Å². The third kappa shape index (κ3) is 3.40. The van der Waals surface area contributed by atoms with E-state index in [2.05, 4.69) is 21.2 Å². The van der Waals surface area contributed by atoms with Crippen molar-refractivity contribution < 1.29 is 18.8 Å². The van der Waals surface area contributed by atoms with Gasteiger partial charge in [0, 0.05) is 27.0 Å². The first-order valence-corrected chi connectivity index (χ1v) is 13.8. The number of carbonyl (C=O) groups excluding carboxylic acids is 3. The van der Waals surface area contributed by atoms with Crippen LogP contribution in [0.5, 0.6) is 0 Å². The molecule has 0 radical (unpaired) electrons. The number of benzene rings is 4. The molecule has 7 heteroatoms. The number of amides is 1. The normalized spacial score (nSPS) is 23.9. The summed E-state index contributed by atoms with van der Waals surface area (Å²) in [6.07, 6.45) is 3.89. The van der Waals surface area contributed by atoms with Crippen molar-refractivity contribution in [3.8, 4) is 0 Å². The molecule has 40 heavy (non-hydrogen) atoms. The third-order valence-corrected chi connectivity index (χ3v) is 8.88. The lowest BCUT2D eigenvalue weighted by molar-refractivity contribution is -0.121. The van der Waals surface area contributed by atoms with Crippen molar-refractivity contribution in [1.82, 2.24) is 0 Å². The number of rotatable bonds is 4. The van der Waals surface area contributed by atoms with Crippen LogP contribution >= 0.6 is 15.9 Å². The predicted octanol–water partition coefficient (Wildman–Crippen LogP) is 6.44. The van der Waals surface area contributed by atoms with E-state index in [0.29, 0.717) is 16.8 Å². The Morgan fingerprint density at radius 3 is 2.25 bits per heavy atom. The minimum Gasteiger partial charge on any atom is -0.352 e. The number of para-hydroxylation sites is 2. The number of nitrogens with one attached hydrogen (secondary N) is 1. The van der Waals surface area contributed by atoms with E-state index in [4.69, 9.17) is 0 Å². The maximum absolute atomic E-state index is 14.7. The first kappa shape index (κ1) is 24.7. The molecule has 0 bridgehead atoms. The fourth-order valence-electron chi connectivity index (χ4n) is 6.70. The van der Waals surface area contributed by atoms with E-state index in [1.165, 1.54) is 24.3 Å². The molecule has 3 aliphatic rings.